The number of anilines is 3. The second-order valence-corrected chi connectivity index (χ2v) is 8.13. The second-order valence-electron chi connectivity index (χ2n) is 8.13. The number of para-hydroxylation sites is 2. The highest BCUT2D eigenvalue weighted by Gasteiger charge is 2.27. The molecule has 3 heterocycles. The number of rotatable bonds is 6. The van der Waals surface area contributed by atoms with E-state index in [2.05, 4.69) is 42.0 Å². The van der Waals surface area contributed by atoms with E-state index >= 15 is 0 Å². The van der Waals surface area contributed by atoms with Crippen molar-refractivity contribution in [2.75, 3.05) is 64.5 Å². The Morgan fingerprint density at radius 2 is 1.90 bits per heavy atom. The van der Waals surface area contributed by atoms with Crippen LogP contribution in [0.25, 0.3) is 0 Å². The minimum Gasteiger partial charge on any atom is -0.495 e. The van der Waals surface area contributed by atoms with Gasteiger partial charge in [0.05, 0.1) is 19.3 Å². The topological polar surface area (TPSA) is 95.7 Å². The van der Waals surface area contributed by atoms with Gasteiger partial charge >= 0.3 is 0 Å². The first-order chi connectivity index (χ1) is 14.6. The molecular formula is C21H32N8O. The van der Waals surface area contributed by atoms with Gasteiger partial charge in [0.2, 0.25) is 11.9 Å². The summed E-state index contributed by atoms with van der Waals surface area (Å²) in [6.07, 6.45) is 2.61. The smallest absolute Gasteiger partial charge is 0.232 e. The highest BCUT2D eigenvalue weighted by molar-refractivity contribution is 5.62. The molecule has 9 nitrogen and oxygen atoms in total. The van der Waals surface area contributed by atoms with Crippen molar-refractivity contribution in [1.29, 1.82) is 0 Å². The van der Waals surface area contributed by atoms with Crippen molar-refractivity contribution in [2.24, 2.45) is 0 Å². The number of hydrogen-bond donors (Lipinski definition) is 2. The Morgan fingerprint density at radius 1 is 1.10 bits per heavy atom. The van der Waals surface area contributed by atoms with E-state index in [1.165, 1.54) is 25.9 Å². The molecule has 1 aromatic heterocycles. The lowest BCUT2D eigenvalue weighted by molar-refractivity contribution is 0.0559. The first kappa shape index (κ1) is 20.8. The van der Waals surface area contributed by atoms with Crippen molar-refractivity contribution >= 4 is 17.6 Å². The zero-order valence-electron chi connectivity index (χ0n) is 17.9. The van der Waals surface area contributed by atoms with Crippen molar-refractivity contribution in [3.63, 3.8) is 0 Å². The van der Waals surface area contributed by atoms with Gasteiger partial charge in [0.15, 0.2) is 0 Å². The first-order valence-electron chi connectivity index (χ1n) is 10.7. The zero-order valence-corrected chi connectivity index (χ0v) is 17.9. The van der Waals surface area contributed by atoms with Crippen LogP contribution in [-0.2, 0) is 6.54 Å². The molecule has 2 aliphatic heterocycles. The average molecular weight is 413 g/mol. The van der Waals surface area contributed by atoms with Crippen molar-refractivity contribution in [3.8, 4) is 5.75 Å². The number of piperazine rings is 1. The number of nitrogens with two attached hydrogens (primary N) is 1. The Labute approximate surface area is 178 Å². The summed E-state index contributed by atoms with van der Waals surface area (Å²) < 4.78 is 5.39. The van der Waals surface area contributed by atoms with Gasteiger partial charge in [-0.3, -0.25) is 9.80 Å². The molecule has 2 fully saturated rings. The number of nitrogens with one attached hydrogen (secondary N) is 1. The van der Waals surface area contributed by atoms with E-state index in [0.29, 0.717) is 24.4 Å². The van der Waals surface area contributed by atoms with Crippen molar-refractivity contribution in [2.45, 2.75) is 25.4 Å². The van der Waals surface area contributed by atoms with Crippen LogP contribution in [0, 0.1) is 0 Å². The van der Waals surface area contributed by atoms with Crippen LogP contribution in [0.5, 0.6) is 5.75 Å². The monoisotopic (exact) mass is 412 g/mol. The Balaban J connectivity index is 1.36. The predicted molar refractivity (Wildman–Crippen MR) is 118 cm³/mol. The van der Waals surface area contributed by atoms with Gasteiger partial charge in [0.1, 0.15) is 11.6 Å². The van der Waals surface area contributed by atoms with Gasteiger partial charge < -0.3 is 20.7 Å². The van der Waals surface area contributed by atoms with Crippen LogP contribution < -0.4 is 15.8 Å². The van der Waals surface area contributed by atoms with Gasteiger partial charge in [0, 0.05) is 38.8 Å². The van der Waals surface area contributed by atoms with Crippen LogP contribution in [0.2, 0.25) is 0 Å². The number of hydrogen-bond acceptors (Lipinski definition) is 9. The number of methoxy groups -OCH3 is 1. The maximum Gasteiger partial charge on any atom is 0.232 e. The number of benzene rings is 1. The van der Waals surface area contributed by atoms with Crippen molar-refractivity contribution in [3.05, 3.63) is 30.1 Å². The molecule has 2 aromatic rings. The summed E-state index contributed by atoms with van der Waals surface area (Å²) in [5.74, 6) is 2.07. The van der Waals surface area contributed by atoms with E-state index in [-0.39, 0.29) is 5.95 Å². The zero-order chi connectivity index (χ0) is 20.9. The predicted octanol–water partition coefficient (Wildman–Crippen LogP) is 1.42. The normalized spacial score (nSPS) is 21.5. The molecule has 1 aromatic carbocycles. The fraction of sp³-hybridized carbons (Fsp3) is 0.571. The minimum absolute atomic E-state index is 0.223. The van der Waals surface area contributed by atoms with Gasteiger partial charge in [-0.25, -0.2) is 0 Å². The number of likely N-dealkylation sites (N-methyl/N-ethyl adjacent to an activating group) is 1. The lowest BCUT2D eigenvalue weighted by atomic mass is 10.0. The van der Waals surface area contributed by atoms with E-state index < -0.39 is 0 Å². The Bertz CT molecular complexity index is 840. The largest absolute Gasteiger partial charge is 0.495 e. The fourth-order valence-corrected chi connectivity index (χ4v) is 4.36. The summed E-state index contributed by atoms with van der Waals surface area (Å²) in [4.78, 5) is 20.7. The highest BCUT2D eigenvalue weighted by atomic mass is 16.5. The lowest BCUT2D eigenvalue weighted by Gasteiger charge is -2.42. The molecule has 2 saturated heterocycles. The van der Waals surface area contributed by atoms with Gasteiger partial charge in [-0.1, -0.05) is 12.1 Å². The third kappa shape index (κ3) is 5.16. The summed E-state index contributed by atoms with van der Waals surface area (Å²) in [5.41, 5.74) is 6.75. The van der Waals surface area contributed by atoms with E-state index in [1.54, 1.807) is 7.11 Å². The SMILES string of the molecule is COc1ccccc1Nc1nc(N)nc(CN2CCN(C3CCCN(C)C3)CC2)n1. The Hall–Kier alpha value is -2.49. The maximum absolute atomic E-state index is 5.96. The molecule has 1 atom stereocenters. The molecular weight excluding hydrogens is 380 g/mol. The van der Waals surface area contributed by atoms with Crippen LogP contribution in [-0.4, -0.2) is 89.1 Å². The quantitative estimate of drug-likeness (QED) is 0.730. The second kappa shape index (κ2) is 9.55. The number of piperidine rings is 1. The number of likely N-dealkylation sites (tertiary alicyclic amines) is 1. The third-order valence-electron chi connectivity index (χ3n) is 5.94. The molecule has 3 N–H and O–H groups in total. The molecule has 162 valence electrons. The number of aromatic nitrogens is 3. The summed E-state index contributed by atoms with van der Waals surface area (Å²) in [7, 11) is 3.86. The van der Waals surface area contributed by atoms with Gasteiger partial charge in [-0.2, -0.15) is 15.0 Å². The summed E-state index contributed by atoms with van der Waals surface area (Å²) in [6.45, 7) is 7.29. The molecule has 0 amide bonds. The molecule has 1 unspecified atom stereocenters. The molecule has 4 rings (SSSR count). The van der Waals surface area contributed by atoms with E-state index in [4.69, 9.17) is 10.5 Å². The molecule has 0 spiro atoms. The van der Waals surface area contributed by atoms with Crippen LogP contribution in [0.15, 0.2) is 24.3 Å². The first-order valence-corrected chi connectivity index (χ1v) is 10.7. The van der Waals surface area contributed by atoms with Crippen molar-refractivity contribution in [1.82, 2.24) is 29.7 Å². The van der Waals surface area contributed by atoms with Crippen molar-refractivity contribution < 1.29 is 4.74 Å². The van der Waals surface area contributed by atoms with E-state index in [1.807, 2.05) is 24.3 Å². The maximum atomic E-state index is 5.96. The van der Waals surface area contributed by atoms with Gasteiger partial charge in [-0.05, 0) is 38.6 Å². The average Bonchev–Trinajstić information content (AvgIpc) is 2.74. The van der Waals surface area contributed by atoms with Gasteiger partial charge in [0.25, 0.3) is 0 Å². The highest BCUT2D eigenvalue weighted by Crippen LogP contribution is 2.25. The number of ether oxygens (including phenoxy) is 1. The summed E-state index contributed by atoms with van der Waals surface area (Å²) in [5, 5.41) is 3.20. The minimum atomic E-state index is 0.223. The molecule has 0 radical (unpaired) electrons. The van der Waals surface area contributed by atoms with Crippen LogP contribution in [0.4, 0.5) is 17.6 Å². The molecule has 9 heteroatoms. The standard InChI is InChI=1S/C21H32N8O/c1-27-9-5-6-16(14-27)29-12-10-28(11-13-29)15-19-24-20(22)26-21(25-19)23-17-7-3-4-8-18(17)30-2/h3-4,7-8,16H,5-6,9-15H2,1-2H3,(H3,22,23,24,25,26). The fourth-order valence-electron chi connectivity index (χ4n) is 4.36. The molecule has 0 bridgehead atoms. The molecule has 2 aliphatic rings. The third-order valence-corrected chi connectivity index (χ3v) is 5.94. The Kier molecular flexibility index (Phi) is 6.61. The number of nitrogen functional groups attached to an aromatic ring is 1. The van der Waals surface area contributed by atoms with Crippen LogP contribution in [0.3, 0.4) is 0 Å². The lowest BCUT2D eigenvalue weighted by Crippen LogP contribution is -2.54. The number of nitrogens with zero attached hydrogens (tertiary/aromatic N) is 6. The van der Waals surface area contributed by atoms with Gasteiger partial charge in [-0.15, -0.1) is 0 Å². The summed E-state index contributed by atoms with van der Waals surface area (Å²) >= 11 is 0. The molecule has 30 heavy (non-hydrogen) atoms. The molecule has 0 saturated carbocycles. The van der Waals surface area contributed by atoms with Crippen LogP contribution in [0.1, 0.15) is 18.7 Å². The van der Waals surface area contributed by atoms with Crippen LogP contribution >= 0.6 is 0 Å². The molecule has 0 aliphatic carbocycles. The Morgan fingerprint density at radius 3 is 2.67 bits per heavy atom. The van der Waals surface area contributed by atoms with E-state index in [9.17, 15) is 0 Å². The summed E-state index contributed by atoms with van der Waals surface area (Å²) in [6, 6.07) is 8.34. The van der Waals surface area contributed by atoms with E-state index in [0.717, 1.165) is 37.6 Å².